The normalized spacial score (nSPS) is 26.2. The van der Waals surface area contributed by atoms with Crippen LogP contribution >= 0.6 is 0 Å². The van der Waals surface area contributed by atoms with E-state index >= 15 is 0 Å². The summed E-state index contributed by atoms with van der Waals surface area (Å²) in [7, 11) is 4.18. The van der Waals surface area contributed by atoms with Gasteiger partial charge in [0, 0.05) is 0 Å². The Labute approximate surface area is 101 Å². The highest BCUT2D eigenvalue weighted by atomic mass is 16.3. The number of hydrogen-bond acceptors (Lipinski definition) is 2. The van der Waals surface area contributed by atoms with Gasteiger partial charge in [-0.2, -0.15) is 0 Å². The van der Waals surface area contributed by atoms with Crippen LogP contribution in [0.15, 0.2) is 0 Å². The van der Waals surface area contributed by atoms with Crippen molar-refractivity contribution in [3.8, 4) is 0 Å². The van der Waals surface area contributed by atoms with E-state index in [4.69, 9.17) is 0 Å². The third-order valence-electron chi connectivity index (χ3n) is 4.62. The standard InChI is InChI=1S/C14H29NO/c1-12(2)10-14(16,11-13(12,3)4)8-7-9-15(5)6/h16H,7-11H2,1-6H3. The smallest absolute Gasteiger partial charge is 0.0658 e. The van der Waals surface area contributed by atoms with Crippen molar-refractivity contribution >= 4 is 0 Å². The summed E-state index contributed by atoms with van der Waals surface area (Å²) in [5.74, 6) is 0. The van der Waals surface area contributed by atoms with Crippen LogP contribution in [-0.4, -0.2) is 36.2 Å². The topological polar surface area (TPSA) is 23.5 Å². The summed E-state index contributed by atoms with van der Waals surface area (Å²) in [6, 6.07) is 0. The molecule has 1 aliphatic carbocycles. The predicted octanol–water partition coefficient (Wildman–Crippen LogP) is 2.91. The Morgan fingerprint density at radius 3 is 1.81 bits per heavy atom. The molecule has 0 heterocycles. The van der Waals surface area contributed by atoms with Gasteiger partial charge in [-0.05, 0) is 57.2 Å². The molecule has 0 aromatic carbocycles. The number of nitrogens with zero attached hydrogens (tertiary/aromatic N) is 1. The Morgan fingerprint density at radius 1 is 1.00 bits per heavy atom. The molecule has 0 saturated heterocycles. The molecule has 0 radical (unpaired) electrons. The van der Waals surface area contributed by atoms with Crippen LogP contribution in [0.4, 0.5) is 0 Å². The molecule has 1 aliphatic rings. The molecule has 0 aliphatic heterocycles. The summed E-state index contributed by atoms with van der Waals surface area (Å²) in [5, 5.41) is 10.7. The van der Waals surface area contributed by atoms with Crippen LogP contribution in [0.1, 0.15) is 53.4 Å². The summed E-state index contributed by atoms with van der Waals surface area (Å²) >= 11 is 0. The van der Waals surface area contributed by atoms with Crippen molar-refractivity contribution in [1.82, 2.24) is 4.90 Å². The fourth-order valence-electron chi connectivity index (χ4n) is 3.09. The number of rotatable bonds is 4. The first kappa shape index (κ1) is 14.0. The number of aliphatic hydroxyl groups is 1. The lowest BCUT2D eigenvalue weighted by atomic mass is 9.71. The minimum Gasteiger partial charge on any atom is -0.390 e. The van der Waals surface area contributed by atoms with Crippen LogP contribution < -0.4 is 0 Å². The van der Waals surface area contributed by atoms with Gasteiger partial charge in [0.05, 0.1) is 5.60 Å². The molecule has 1 fully saturated rings. The van der Waals surface area contributed by atoms with Crippen LogP contribution in [-0.2, 0) is 0 Å². The highest BCUT2D eigenvalue weighted by Gasteiger charge is 2.52. The van der Waals surface area contributed by atoms with Gasteiger partial charge in [-0.25, -0.2) is 0 Å². The molecule has 0 unspecified atom stereocenters. The Hall–Kier alpha value is -0.0800. The molecule has 1 N–H and O–H groups in total. The van der Waals surface area contributed by atoms with Crippen molar-refractivity contribution in [2.45, 2.75) is 59.0 Å². The van der Waals surface area contributed by atoms with E-state index in [9.17, 15) is 5.11 Å². The van der Waals surface area contributed by atoms with Gasteiger partial charge in [0.25, 0.3) is 0 Å². The monoisotopic (exact) mass is 227 g/mol. The summed E-state index contributed by atoms with van der Waals surface area (Å²) < 4.78 is 0. The molecule has 2 heteroatoms. The summed E-state index contributed by atoms with van der Waals surface area (Å²) in [5.41, 5.74) is 0.0722. The first-order chi connectivity index (χ1) is 7.08. The van der Waals surface area contributed by atoms with Gasteiger partial charge in [0.1, 0.15) is 0 Å². The fraction of sp³-hybridized carbons (Fsp3) is 1.00. The summed E-state index contributed by atoms with van der Waals surface area (Å²) in [6.45, 7) is 10.2. The predicted molar refractivity (Wildman–Crippen MR) is 69.5 cm³/mol. The van der Waals surface area contributed by atoms with E-state index in [1.54, 1.807) is 0 Å². The Bertz CT molecular complexity index is 227. The maximum absolute atomic E-state index is 10.7. The third kappa shape index (κ3) is 2.98. The lowest BCUT2D eigenvalue weighted by Crippen LogP contribution is -2.27. The van der Waals surface area contributed by atoms with E-state index in [0.717, 1.165) is 32.2 Å². The van der Waals surface area contributed by atoms with Crippen LogP contribution in [0, 0.1) is 10.8 Å². The molecule has 0 aromatic heterocycles. The molecule has 2 nitrogen and oxygen atoms in total. The van der Waals surface area contributed by atoms with Gasteiger partial charge in [0.2, 0.25) is 0 Å². The maximum atomic E-state index is 10.7. The fourth-order valence-corrected chi connectivity index (χ4v) is 3.09. The van der Waals surface area contributed by atoms with E-state index in [0.29, 0.717) is 0 Å². The van der Waals surface area contributed by atoms with E-state index in [1.807, 2.05) is 0 Å². The Morgan fingerprint density at radius 2 is 1.44 bits per heavy atom. The first-order valence-electron chi connectivity index (χ1n) is 6.45. The molecular formula is C14H29NO. The summed E-state index contributed by atoms with van der Waals surface area (Å²) in [4.78, 5) is 2.19. The van der Waals surface area contributed by atoms with Gasteiger partial charge < -0.3 is 10.0 Å². The molecule has 0 atom stereocenters. The van der Waals surface area contributed by atoms with Crippen molar-refractivity contribution in [3.05, 3.63) is 0 Å². The van der Waals surface area contributed by atoms with Crippen molar-refractivity contribution < 1.29 is 5.11 Å². The van der Waals surface area contributed by atoms with Gasteiger partial charge in [0.15, 0.2) is 0 Å². The first-order valence-corrected chi connectivity index (χ1v) is 6.45. The molecule has 16 heavy (non-hydrogen) atoms. The van der Waals surface area contributed by atoms with Crippen LogP contribution in [0.2, 0.25) is 0 Å². The van der Waals surface area contributed by atoms with E-state index < -0.39 is 5.60 Å². The van der Waals surface area contributed by atoms with E-state index in [1.165, 1.54) is 0 Å². The Kier molecular flexibility index (Phi) is 3.76. The molecule has 96 valence electrons. The van der Waals surface area contributed by atoms with Crippen LogP contribution in [0.25, 0.3) is 0 Å². The molecule has 0 spiro atoms. The maximum Gasteiger partial charge on any atom is 0.0658 e. The highest BCUT2D eigenvalue weighted by Crippen LogP contribution is 2.57. The van der Waals surface area contributed by atoms with Gasteiger partial charge in [-0.1, -0.05) is 27.7 Å². The highest BCUT2D eigenvalue weighted by molar-refractivity contribution is 5.03. The minimum absolute atomic E-state index is 0.250. The second kappa shape index (κ2) is 4.30. The zero-order valence-corrected chi connectivity index (χ0v) is 11.9. The lowest BCUT2D eigenvalue weighted by Gasteiger charge is -2.34. The molecular weight excluding hydrogens is 198 g/mol. The zero-order chi connectivity index (χ0) is 12.6. The van der Waals surface area contributed by atoms with Gasteiger partial charge in [-0.3, -0.25) is 0 Å². The SMILES string of the molecule is CN(C)CCCC1(O)CC(C)(C)C(C)(C)C1. The van der Waals surface area contributed by atoms with Crippen molar-refractivity contribution in [2.75, 3.05) is 20.6 Å². The lowest BCUT2D eigenvalue weighted by molar-refractivity contribution is 0.0230. The minimum atomic E-state index is -0.428. The van der Waals surface area contributed by atoms with Crippen LogP contribution in [0.3, 0.4) is 0 Å². The largest absolute Gasteiger partial charge is 0.390 e. The third-order valence-corrected chi connectivity index (χ3v) is 4.62. The summed E-state index contributed by atoms with van der Waals surface area (Å²) in [6.07, 6.45) is 3.93. The molecule has 0 amide bonds. The van der Waals surface area contributed by atoms with Gasteiger partial charge >= 0.3 is 0 Å². The van der Waals surface area contributed by atoms with Crippen molar-refractivity contribution in [3.63, 3.8) is 0 Å². The van der Waals surface area contributed by atoms with Crippen molar-refractivity contribution in [1.29, 1.82) is 0 Å². The molecule has 1 saturated carbocycles. The molecule has 0 bridgehead atoms. The van der Waals surface area contributed by atoms with Crippen molar-refractivity contribution in [2.24, 2.45) is 10.8 Å². The average Bonchev–Trinajstić information content (AvgIpc) is 2.14. The van der Waals surface area contributed by atoms with E-state index in [-0.39, 0.29) is 10.8 Å². The zero-order valence-electron chi connectivity index (χ0n) is 11.9. The average molecular weight is 227 g/mol. The number of hydrogen-bond donors (Lipinski definition) is 1. The quantitative estimate of drug-likeness (QED) is 0.798. The van der Waals surface area contributed by atoms with Gasteiger partial charge in [-0.15, -0.1) is 0 Å². The molecule has 1 rings (SSSR count). The van der Waals surface area contributed by atoms with E-state index in [2.05, 4.69) is 46.7 Å². The van der Waals surface area contributed by atoms with Crippen LogP contribution in [0.5, 0.6) is 0 Å². The second-order valence-electron chi connectivity index (χ2n) is 7.25. The second-order valence-corrected chi connectivity index (χ2v) is 7.25. The Balaban J connectivity index is 2.55. The molecule has 0 aromatic rings.